The van der Waals surface area contributed by atoms with Crippen LogP contribution >= 0.6 is 0 Å². The summed E-state index contributed by atoms with van der Waals surface area (Å²) in [6, 6.07) is 11.5. The molecule has 0 radical (unpaired) electrons. The van der Waals surface area contributed by atoms with Gasteiger partial charge in [0.1, 0.15) is 6.20 Å². The van der Waals surface area contributed by atoms with E-state index in [0.29, 0.717) is 26.2 Å². The maximum absolute atomic E-state index is 10.7. The third-order valence-corrected chi connectivity index (χ3v) is 3.57. The minimum absolute atomic E-state index is 0.00104. The van der Waals surface area contributed by atoms with Gasteiger partial charge in [-0.2, -0.15) is 0 Å². The fraction of sp³-hybridized carbons (Fsp3) is 0.312. The van der Waals surface area contributed by atoms with E-state index in [1.54, 1.807) is 0 Å². The molecule has 1 atom stereocenters. The van der Waals surface area contributed by atoms with Gasteiger partial charge in [-0.1, -0.05) is 30.3 Å². The second kappa shape index (κ2) is 6.64. The number of hydrogen-bond acceptors (Lipinski definition) is 5. The fourth-order valence-electron chi connectivity index (χ4n) is 2.41. The van der Waals surface area contributed by atoms with Crippen molar-refractivity contribution in [2.75, 3.05) is 6.61 Å². The first-order valence-electron chi connectivity index (χ1n) is 7.08. The third kappa shape index (κ3) is 3.47. The van der Waals surface area contributed by atoms with Crippen LogP contribution in [-0.2, 0) is 29.1 Å². The van der Waals surface area contributed by atoms with Crippen LogP contribution in [0.25, 0.3) is 0 Å². The molecule has 22 heavy (non-hydrogen) atoms. The molecule has 0 fully saturated rings. The molecule has 2 heterocycles. The van der Waals surface area contributed by atoms with Crippen molar-refractivity contribution in [3.05, 3.63) is 69.5 Å². The number of aromatic nitrogens is 1. The lowest BCUT2D eigenvalue weighted by Gasteiger charge is -2.24. The van der Waals surface area contributed by atoms with E-state index in [9.17, 15) is 10.1 Å². The summed E-state index contributed by atoms with van der Waals surface area (Å²) in [5.41, 5.74) is 2.76. The molecule has 6 heteroatoms. The van der Waals surface area contributed by atoms with E-state index in [0.717, 1.165) is 16.8 Å². The summed E-state index contributed by atoms with van der Waals surface area (Å²) >= 11 is 0. The molecule has 1 unspecified atom stereocenters. The molecule has 0 N–H and O–H groups in total. The molecule has 1 aliphatic rings. The summed E-state index contributed by atoms with van der Waals surface area (Å²) < 4.78 is 11.4. The lowest BCUT2D eigenvalue weighted by molar-refractivity contribution is -0.385. The van der Waals surface area contributed by atoms with Gasteiger partial charge in [0.2, 0.25) is 0 Å². The highest BCUT2D eigenvalue weighted by Crippen LogP contribution is 2.23. The molecule has 3 rings (SSSR count). The van der Waals surface area contributed by atoms with Gasteiger partial charge < -0.3 is 9.47 Å². The van der Waals surface area contributed by atoms with E-state index < -0.39 is 4.92 Å². The number of fused-ring (bicyclic) bond motifs is 1. The number of pyridine rings is 1. The second-order valence-electron chi connectivity index (χ2n) is 5.19. The summed E-state index contributed by atoms with van der Waals surface area (Å²) in [6.45, 7) is 1.36. The van der Waals surface area contributed by atoms with Crippen molar-refractivity contribution in [1.82, 2.24) is 4.98 Å². The Labute approximate surface area is 127 Å². The van der Waals surface area contributed by atoms with Gasteiger partial charge in [0.25, 0.3) is 5.69 Å². The average molecular weight is 300 g/mol. The van der Waals surface area contributed by atoms with Gasteiger partial charge in [0.15, 0.2) is 0 Å². The summed E-state index contributed by atoms with van der Waals surface area (Å²) in [6.07, 6.45) is 1.85. The zero-order valence-electron chi connectivity index (χ0n) is 12.0. The van der Waals surface area contributed by atoms with Crippen LogP contribution in [-0.4, -0.2) is 22.6 Å². The van der Waals surface area contributed by atoms with Crippen LogP contribution in [0, 0.1) is 10.1 Å². The monoisotopic (exact) mass is 300 g/mol. The van der Waals surface area contributed by atoms with Gasteiger partial charge in [0, 0.05) is 23.7 Å². The predicted octanol–water partition coefficient (Wildman–Crippen LogP) is 2.65. The van der Waals surface area contributed by atoms with Crippen molar-refractivity contribution in [2.45, 2.75) is 25.7 Å². The molecule has 114 valence electrons. The Morgan fingerprint density at radius 2 is 2.18 bits per heavy atom. The largest absolute Gasteiger partial charge is 0.374 e. The molecule has 1 aromatic heterocycles. The Balaban J connectivity index is 1.55. The molecule has 0 saturated heterocycles. The highest BCUT2D eigenvalue weighted by Gasteiger charge is 2.22. The van der Waals surface area contributed by atoms with Crippen LogP contribution in [0.4, 0.5) is 5.69 Å². The number of nitrogens with zero attached hydrogens (tertiary/aromatic N) is 2. The first kappa shape index (κ1) is 14.6. The van der Waals surface area contributed by atoms with E-state index in [2.05, 4.69) is 4.98 Å². The Bertz CT molecular complexity index is 660. The lowest BCUT2D eigenvalue weighted by Crippen LogP contribution is -2.28. The molecule has 6 nitrogen and oxygen atoms in total. The van der Waals surface area contributed by atoms with Gasteiger partial charge in [-0.15, -0.1) is 0 Å². The number of rotatable bonds is 5. The molecule has 0 spiro atoms. The van der Waals surface area contributed by atoms with Crippen LogP contribution < -0.4 is 0 Å². The smallest absolute Gasteiger partial charge is 0.287 e. The van der Waals surface area contributed by atoms with Crippen LogP contribution in [0.15, 0.2) is 42.6 Å². The molecule has 0 amide bonds. The van der Waals surface area contributed by atoms with Gasteiger partial charge in [-0.3, -0.25) is 15.1 Å². The number of benzene rings is 1. The van der Waals surface area contributed by atoms with Gasteiger partial charge >= 0.3 is 0 Å². The first-order valence-corrected chi connectivity index (χ1v) is 7.08. The Morgan fingerprint density at radius 1 is 1.36 bits per heavy atom. The summed E-state index contributed by atoms with van der Waals surface area (Å²) in [5, 5.41) is 10.7. The van der Waals surface area contributed by atoms with E-state index in [1.165, 1.54) is 12.3 Å². The molecule has 2 aromatic rings. The molecular weight excluding hydrogens is 284 g/mol. The van der Waals surface area contributed by atoms with Crippen LogP contribution in [0.3, 0.4) is 0 Å². The number of ether oxygens (including phenoxy) is 2. The summed E-state index contributed by atoms with van der Waals surface area (Å²) in [7, 11) is 0. The molecule has 0 saturated carbocycles. The normalized spacial score (nSPS) is 17.0. The highest BCUT2D eigenvalue weighted by molar-refractivity contribution is 5.35. The van der Waals surface area contributed by atoms with Crippen molar-refractivity contribution >= 4 is 5.69 Å². The van der Waals surface area contributed by atoms with Gasteiger partial charge in [-0.25, -0.2) is 0 Å². The predicted molar refractivity (Wildman–Crippen MR) is 79.3 cm³/mol. The molecular formula is C16H16N2O4. The topological polar surface area (TPSA) is 74.5 Å². The fourth-order valence-corrected chi connectivity index (χ4v) is 2.41. The van der Waals surface area contributed by atoms with Crippen LogP contribution in [0.2, 0.25) is 0 Å². The SMILES string of the molecule is O=[N+]([O-])c1cnc2c(c1)COC(COCc1ccccc1)C2. The zero-order valence-corrected chi connectivity index (χ0v) is 12.0. The Hall–Kier alpha value is -2.31. The van der Waals surface area contributed by atoms with Gasteiger partial charge in [-0.05, 0) is 5.56 Å². The maximum atomic E-state index is 10.7. The van der Waals surface area contributed by atoms with Crippen molar-refractivity contribution in [3.63, 3.8) is 0 Å². The Morgan fingerprint density at radius 3 is 2.95 bits per heavy atom. The minimum Gasteiger partial charge on any atom is -0.374 e. The van der Waals surface area contributed by atoms with E-state index in [4.69, 9.17) is 9.47 Å². The zero-order chi connectivity index (χ0) is 15.4. The molecule has 1 aliphatic heterocycles. The number of nitro groups is 1. The van der Waals surface area contributed by atoms with E-state index >= 15 is 0 Å². The van der Waals surface area contributed by atoms with Crippen molar-refractivity contribution in [1.29, 1.82) is 0 Å². The van der Waals surface area contributed by atoms with Crippen molar-refractivity contribution < 1.29 is 14.4 Å². The van der Waals surface area contributed by atoms with E-state index in [-0.39, 0.29) is 11.8 Å². The third-order valence-electron chi connectivity index (χ3n) is 3.57. The second-order valence-corrected chi connectivity index (χ2v) is 5.19. The quantitative estimate of drug-likeness (QED) is 0.627. The summed E-state index contributed by atoms with van der Waals surface area (Å²) in [4.78, 5) is 14.5. The number of hydrogen-bond donors (Lipinski definition) is 0. The van der Waals surface area contributed by atoms with Crippen molar-refractivity contribution in [3.8, 4) is 0 Å². The molecule has 0 aliphatic carbocycles. The van der Waals surface area contributed by atoms with Crippen LogP contribution in [0.1, 0.15) is 16.8 Å². The molecule has 1 aromatic carbocycles. The minimum atomic E-state index is -0.442. The van der Waals surface area contributed by atoms with Gasteiger partial charge in [0.05, 0.1) is 30.8 Å². The standard InChI is InChI=1S/C16H16N2O4/c19-18(20)14-6-13-10-22-15(7-16(13)17-8-14)11-21-9-12-4-2-1-3-5-12/h1-6,8,15H,7,9-11H2. The maximum Gasteiger partial charge on any atom is 0.287 e. The highest BCUT2D eigenvalue weighted by atomic mass is 16.6. The Kier molecular flexibility index (Phi) is 4.41. The average Bonchev–Trinajstić information content (AvgIpc) is 2.55. The van der Waals surface area contributed by atoms with Crippen LogP contribution in [0.5, 0.6) is 0 Å². The first-order chi connectivity index (χ1) is 10.7. The van der Waals surface area contributed by atoms with Crippen molar-refractivity contribution in [2.24, 2.45) is 0 Å². The van der Waals surface area contributed by atoms with E-state index in [1.807, 2.05) is 30.3 Å². The lowest BCUT2D eigenvalue weighted by atomic mass is 10.1. The molecule has 0 bridgehead atoms. The summed E-state index contributed by atoms with van der Waals surface area (Å²) in [5.74, 6) is 0.